The van der Waals surface area contributed by atoms with Crippen LogP contribution in [0.2, 0.25) is 0 Å². The fourth-order valence-electron chi connectivity index (χ4n) is 3.17. The number of phenolic OH excluding ortho intramolecular Hbond substituents is 1. The Hall–Kier alpha value is -3.06. The number of nitrogens with zero attached hydrogens (tertiary/aromatic N) is 3. The zero-order valence-corrected chi connectivity index (χ0v) is 16.4. The fourth-order valence-corrected chi connectivity index (χ4v) is 4.09. The van der Waals surface area contributed by atoms with Gasteiger partial charge in [0.2, 0.25) is 0 Å². The van der Waals surface area contributed by atoms with Gasteiger partial charge in [-0.25, -0.2) is 4.79 Å². The third-order valence-corrected chi connectivity index (χ3v) is 5.65. The van der Waals surface area contributed by atoms with Crippen LogP contribution in [0.5, 0.6) is 5.75 Å². The maximum Gasteiger partial charge on any atom is 0.336 e. The summed E-state index contributed by atoms with van der Waals surface area (Å²) in [5, 5.41) is 19.9. The van der Waals surface area contributed by atoms with Gasteiger partial charge in [0.1, 0.15) is 17.7 Å². The van der Waals surface area contributed by atoms with Gasteiger partial charge in [-0.2, -0.15) is 0 Å². The third-order valence-electron chi connectivity index (χ3n) is 4.66. The predicted octanol–water partition coefficient (Wildman–Crippen LogP) is 4.24. The number of para-hydroxylation sites is 1. The molecule has 0 fully saturated rings. The predicted molar refractivity (Wildman–Crippen MR) is 109 cm³/mol. The van der Waals surface area contributed by atoms with E-state index in [1.807, 2.05) is 48.7 Å². The minimum absolute atomic E-state index is 0.141. The van der Waals surface area contributed by atoms with Gasteiger partial charge >= 0.3 is 5.63 Å². The van der Waals surface area contributed by atoms with Gasteiger partial charge in [0.25, 0.3) is 0 Å². The molecule has 0 radical (unpaired) electrons. The molecule has 0 atom stereocenters. The van der Waals surface area contributed by atoms with Crippen molar-refractivity contribution in [3.05, 3.63) is 75.9 Å². The molecule has 0 unspecified atom stereocenters. The number of aromatic hydroxyl groups is 1. The Bertz CT molecular complexity index is 1210. The van der Waals surface area contributed by atoms with Crippen LogP contribution in [0, 0.1) is 6.92 Å². The lowest BCUT2D eigenvalue weighted by Gasteiger charge is -2.10. The van der Waals surface area contributed by atoms with E-state index in [0.29, 0.717) is 17.8 Å². The topological polar surface area (TPSA) is 81.2 Å². The van der Waals surface area contributed by atoms with E-state index in [1.165, 1.54) is 23.9 Å². The lowest BCUT2D eigenvalue weighted by molar-refractivity contribution is 0.466. The summed E-state index contributed by atoms with van der Waals surface area (Å²) in [6.07, 6.45) is 2.38. The number of aromatic nitrogens is 3. The molecule has 4 aromatic rings. The van der Waals surface area contributed by atoms with Crippen molar-refractivity contribution in [2.24, 2.45) is 0 Å². The molecular weight excluding hydrogens is 374 g/mol. The van der Waals surface area contributed by atoms with E-state index < -0.39 is 5.63 Å². The largest absolute Gasteiger partial charge is 0.508 e. The maximum absolute atomic E-state index is 12.0. The number of hydrogen-bond donors (Lipinski definition) is 1. The summed E-state index contributed by atoms with van der Waals surface area (Å²) in [5.41, 5.74) is 3.75. The Balaban J connectivity index is 1.70. The monoisotopic (exact) mass is 393 g/mol. The van der Waals surface area contributed by atoms with E-state index in [4.69, 9.17) is 4.42 Å². The molecule has 2 aromatic carbocycles. The minimum atomic E-state index is -0.438. The van der Waals surface area contributed by atoms with Crippen LogP contribution >= 0.6 is 11.8 Å². The van der Waals surface area contributed by atoms with Crippen molar-refractivity contribution < 1.29 is 9.52 Å². The second kappa shape index (κ2) is 7.52. The SMILES string of the molecule is CCc1cc2c(CSc3nncn3-c3ccccc3C)cc(=O)oc2cc1O. The van der Waals surface area contributed by atoms with Crippen LogP contribution in [-0.2, 0) is 12.2 Å². The van der Waals surface area contributed by atoms with E-state index in [-0.39, 0.29) is 5.75 Å². The van der Waals surface area contributed by atoms with Gasteiger partial charge in [0, 0.05) is 23.3 Å². The van der Waals surface area contributed by atoms with Crippen LogP contribution in [0.3, 0.4) is 0 Å². The van der Waals surface area contributed by atoms with E-state index in [2.05, 4.69) is 10.2 Å². The molecule has 142 valence electrons. The quantitative estimate of drug-likeness (QED) is 0.403. The molecule has 0 aliphatic carbocycles. The average Bonchev–Trinajstić information content (AvgIpc) is 3.14. The third kappa shape index (κ3) is 3.41. The summed E-state index contributed by atoms with van der Waals surface area (Å²) in [4.78, 5) is 12.0. The number of thioether (sulfide) groups is 1. The molecule has 1 N–H and O–H groups in total. The van der Waals surface area contributed by atoms with Gasteiger partial charge < -0.3 is 9.52 Å². The number of benzene rings is 2. The van der Waals surface area contributed by atoms with Crippen LogP contribution < -0.4 is 5.63 Å². The molecule has 0 aliphatic rings. The molecule has 4 rings (SSSR count). The molecule has 7 heteroatoms. The molecule has 0 aliphatic heterocycles. The van der Waals surface area contributed by atoms with Gasteiger partial charge in [-0.3, -0.25) is 4.57 Å². The molecule has 2 heterocycles. The Morgan fingerprint density at radius 2 is 2.00 bits per heavy atom. The van der Waals surface area contributed by atoms with E-state index >= 15 is 0 Å². The summed E-state index contributed by atoms with van der Waals surface area (Å²) in [6.45, 7) is 4.01. The first-order valence-corrected chi connectivity index (χ1v) is 9.93. The number of rotatable bonds is 5. The van der Waals surface area contributed by atoms with Crippen molar-refractivity contribution in [3.8, 4) is 11.4 Å². The highest BCUT2D eigenvalue weighted by molar-refractivity contribution is 7.98. The molecule has 6 nitrogen and oxygen atoms in total. The molecule has 0 bridgehead atoms. The Morgan fingerprint density at radius 3 is 2.79 bits per heavy atom. The fraction of sp³-hybridized carbons (Fsp3) is 0.190. The second-order valence-corrected chi connectivity index (χ2v) is 7.42. The Labute approximate surface area is 165 Å². The molecule has 2 aromatic heterocycles. The smallest absolute Gasteiger partial charge is 0.336 e. The lowest BCUT2D eigenvalue weighted by Crippen LogP contribution is -2.02. The molecule has 28 heavy (non-hydrogen) atoms. The first kappa shape index (κ1) is 18.3. The average molecular weight is 393 g/mol. The van der Waals surface area contributed by atoms with E-state index in [9.17, 15) is 9.90 Å². The lowest BCUT2D eigenvalue weighted by atomic mass is 10.1. The number of hydrogen-bond acceptors (Lipinski definition) is 6. The van der Waals surface area contributed by atoms with Gasteiger partial charge in [0.15, 0.2) is 5.16 Å². The first-order valence-electron chi connectivity index (χ1n) is 8.94. The van der Waals surface area contributed by atoms with Crippen molar-refractivity contribution in [2.75, 3.05) is 0 Å². The molecule has 0 spiro atoms. The Kier molecular flexibility index (Phi) is 4.92. The second-order valence-electron chi connectivity index (χ2n) is 6.48. The van der Waals surface area contributed by atoms with Crippen LogP contribution in [-0.4, -0.2) is 19.9 Å². The van der Waals surface area contributed by atoms with Crippen molar-refractivity contribution in [1.82, 2.24) is 14.8 Å². The van der Waals surface area contributed by atoms with Crippen LogP contribution in [0.25, 0.3) is 16.7 Å². The van der Waals surface area contributed by atoms with Crippen molar-refractivity contribution in [2.45, 2.75) is 31.2 Å². The number of fused-ring (bicyclic) bond motifs is 1. The summed E-state index contributed by atoms with van der Waals surface area (Å²) in [6, 6.07) is 12.9. The maximum atomic E-state index is 12.0. The van der Waals surface area contributed by atoms with Crippen molar-refractivity contribution in [1.29, 1.82) is 0 Å². The number of aryl methyl sites for hydroxylation is 2. The normalized spacial score (nSPS) is 11.2. The molecule has 0 saturated heterocycles. The standard InChI is InChI=1S/C21H19N3O3S/c1-3-14-8-16-15(9-20(26)27-19(16)10-18(14)25)11-28-21-23-22-12-24(21)17-7-5-4-6-13(17)2/h4-10,12,25H,3,11H2,1-2H3. The van der Waals surface area contributed by atoms with E-state index in [1.54, 1.807) is 6.33 Å². The van der Waals surface area contributed by atoms with Crippen molar-refractivity contribution in [3.63, 3.8) is 0 Å². The zero-order chi connectivity index (χ0) is 19.7. The summed E-state index contributed by atoms with van der Waals surface area (Å²) in [5.74, 6) is 0.669. The summed E-state index contributed by atoms with van der Waals surface area (Å²) in [7, 11) is 0. The highest BCUT2D eigenvalue weighted by atomic mass is 32.2. The highest BCUT2D eigenvalue weighted by Gasteiger charge is 2.13. The zero-order valence-electron chi connectivity index (χ0n) is 15.5. The van der Waals surface area contributed by atoms with Gasteiger partial charge in [-0.15, -0.1) is 10.2 Å². The first-order chi connectivity index (χ1) is 13.6. The molecule has 0 saturated carbocycles. The van der Waals surface area contributed by atoms with Gasteiger partial charge in [-0.05, 0) is 42.2 Å². The minimum Gasteiger partial charge on any atom is -0.508 e. The van der Waals surface area contributed by atoms with E-state index in [0.717, 1.165) is 32.9 Å². The van der Waals surface area contributed by atoms with Gasteiger partial charge in [0.05, 0.1) is 5.69 Å². The molecular formula is C21H19N3O3S. The summed E-state index contributed by atoms with van der Waals surface area (Å²) >= 11 is 1.50. The Morgan fingerprint density at radius 1 is 1.18 bits per heavy atom. The van der Waals surface area contributed by atoms with Crippen molar-refractivity contribution >= 4 is 22.7 Å². The summed E-state index contributed by atoms with van der Waals surface area (Å²) < 4.78 is 7.21. The van der Waals surface area contributed by atoms with Crippen LogP contribution in [0.15, 0.2) is 63.2 Å². The van der Waals surface area contributed by atoms with Gasteiger partial charge in [-0.1, -0.05) is 36.9 Å². The molecule has 0 amide bonds. The van der Waals surface area contributed by atoms with Crippen LogP contribution in [0.4, 0.5) is 0 Å². The highest BCUT2D eigenvalue weighted by Crippen LogP contribution is 2.31. The van der Waals surface area contributed by atoms with Crippen LogP contribution in [0.1, 0.15) is 23.6 Å². The number of phenols is 1.